The summed E-state index contributed by atoms with van der Waals surface area (Å²) in [5, 5.41) is 14.7. The van der Waals surface area contributed by atoms with Crippen LogP contribution in [0.15, 0.2) is 30.5 Å². The molecule has 0 unspecified atom stereocenters. The van der Waals surface area contributed by atoms with Crippen molar-refractivity contribution < 1.29 is 9.90 Å². The van der Waals surface area contributed by atoms with Crippen LogP contribution in [-0.2, 0) is 6.42 Å². The third kappa shape index (κ3) is 3.19. The number of aliphatic hydroxyl groups excluding tert-OH is 1. The summed E-state index contributed by atoms with van der Waals surface area (Å²) < 4.78 is 1.86. The highest BCUT2D eigenvalue weighted by Gasteiger charge is 2.36. The number of rotatable bonds is 4. The first kappa shape index (κ1) is 17.6. The van der Waals surface area contributed by atoms with Gasteiger partial charge in [0.1, 0.15) is 0 Å². The van der Waals surface area contributed by atoms with E-state index in [2.05, 4.69) is 5.10 Å². The lowest BCUT2D eigenvalue weighted by atomic mass is 10.1. The average molecular weight is 342 g/mol. The SMILES string of the molecule is CCc1c(C(=O)N2C[C@H](O)[C@@H](N(C)C)C2)cnn1-c1ccccc1C. The third-order valence-corrected chi connectivity index (χ3v) is 4.99. The van der Waals surface area contributed by atoms with Crippen molar-refractivity contribution >= 4 is 5.91 Å². The van der Waals surface area contributed by atoms with Gasteiger partial charge < -0.3 is 14.9 Å². The van der Waals surface area contributed by atoms with E-state index in [1.165, 1.54) is 0 Å². The summed E-state index contributed by atoms with van der Waals surface area (Å²) >= 11 is 0. The molecule has 25 heavy (non-hydrogen) atoms. The Morgan fingerprint density at radius 1 is 1.32 bits per heavy atom. The van der Waals surface area contributed by atoms with Crippen LogP contribution in [0.4, 0.5) is 0 Å². The first-order valence-electron chi connectivity index (χ1n) is 8.70. The van der Waals surface area contributed by atoms with E-state index >= 15 is 0 Å². The molecular formula is C19H26N4O2. The van der Waals surface area contributed by atoms with Crippen LogP contribution in [0.25, 0.3) is 5.69 Å². The minimum atomic E-state index is -0.518. The Bertz CT molecular complexity index is 769. The maximum absolute atomic E-state index is 13.0. The fraction of sp³-hybridized carbons (Fsp3) is 0.474. The number of nitrogens with zero attached hydrogens (tertiary/aromatic N) is 4. The van der Waals surface area contributed by atoms with E-state index < -0.39 is 6.10 Å². The number of amides is 1. The topological polar surface area (TPSA) is 61.6 Å². The Balaban J connectivity index is 1.91. The Labute approximate surface area is 148 Å². The molecule has 0 bridgehead atoms. The molecular weight excluding hydrogens is 316 g/mol. The zero-order valence-electron chi connectivity index (χ0n) is 15.3. The molecule has 2 atom stereocenters. The van der Waals surface area contributed by atoms with Gasteiger partial charge in [-0.15, -0.1) is 0 Å². The Hall–Kier alpha value is -2.18. The maximum Gasteiger partial charge on any atom is 0.257 e. The van der Waals surface area contributed by atoms with Gasteiger partial charge in [0, 0.05) is 13.1 Å². The molecule has 1 saturated heterocycles. The number of aromatic nitrogens is 2. The molecule has 1 aliphatic heterocycles. The number of hydrogen-bond donors (Lipinski definition) is 1. The minimum Gasteiger partial charge on any atom is -0.390 e. The van der Waals surface area contributed by atoms with Gasteiger partial charge in [-0.1, -0.05) is 25.1 Å². The number of carbonyl (C=O) groups is 1. The number of likely N-dealkylation sites (N-methyl/N-ethyl adjacent to an activating group) is 1. The molecule has 1 aromatic heterocycles. The van der Waals surface area contributed by atoms with Crippen LogP contribution in [0, 0.1) is 6.92 Å². The smallest absolute Gasteiger partial charge is 0.257 e. The molecule has 2 heterocycles. The summed E-state index contributed by atoms with van der Waals surface area (Å²) in [6.07, 6.45) is 1.85. The number of para-hydroxylation sites is 1. The van der Waals surface area contributed by atoms with Crippen molar-refractivity contribution in [3.63, 3.8) is 0 Å². The molecule has 0 radical (unpaired) electrons. The number of carbonyl (C=O) groups excluding carboxylic acids is 1. The predicted octanol–water partition coefficient (Wildman–Crippen LogP) is 1.49. The summed E-state index contributed by atoms with van der Waals surface area (Å²) in [6, 6.07) is 7.99. The van der Waals surface area contributed by atoms with E-state index in [1.54, 1.807) is 11.1 Å². The summed E-state index contributed by atoms with van der Waals surface area (Å²) in [5.74, 6) is -0.0555. The van der Waals surface area contributed by atoms with Crippen LogP contribution in [0.1, 0.15) is 28.5 Å². The largest absolute Gasteiger partial charge is 0.390 e. The molecule has 1 N–H and O–H groups in total. The van der Waals surface area contributed by atoms with Crippen LogP contribution in [0.3, 0.4) is 0 Å². The van der Waals surface area contributed by atoms with Crippen molar-refractivity contribution in [3.05, 3.63) is 47.3 Å². The number of β-amino-alcohol motifs (C(OH)–C–C–N with tert-alkyl or cyclic N) is 1. The van der Waals surface area contributed by atoms with Crippen molar-refractivity contribution in [2.24, 2.45) is 0 Å². The highest BCUT2D eigenvalue weighted by atomic mass is 16.3. The monoisotopic (exact) mass is 342 g/mol. The van der Waals surface area contributed by atoms with Crippen LogP contribution in [0.2, 0.25) is 0 Å². The lowest BCUT2D eigenvalue weighted by molar-refractivity contribution is 0.0763. The van der Waals surface area contributed by atoms with Gasteiger partial charge in [0.05, 0.1) is 35.3 Å². The molecule has 1 amide bonds. The van der Waals surface area contributed by atoms with Gasteiger partial charge in [-0.3, -0.25) is 4.79 Å². The normalized spacial score (nSPS) is 20.5. The standard InChI is InChI=1S/C19H26N4O2/c1-5-15-14(10-20-23(15)16-9-7-6-8-13(16)2)19(25)22-11-17(21(3)4)18(24)12-22/h6-10,17-18,24H,5,11-12H2,1-4H3/t17-,18-/m0/s1. The zero-order valence-corrected chi connectivity index (χ0v) is 15.3. The molecule has 0 aliphatic carbocycles. The third-order valence-electron chi connectivity index (χ3n) is 4.99. The highest BCUT2D eigenvalue weighted by Crippen LogP contribution is 2.22. The Kier molecular flexibility index (Phi) is 4.92. The summed E-state index contributed by atoms with van der Waals surface area (Å²) in [4.78, 5) is 16.7. The van der Waals surface area contributed by atoms with Gasteiger partial charge in [0.2, 0.25) is 0 Å². The molecule has 6 nitrogen and oxygen atoms in total. The summed E-state index contributed by atoms with van der Waals surface area (Å²) in [6.45, 7) is 4.96. The summed E-state index contributed by atoms with van der Waals surface area (Å²) in [7, 11) is 3.85. The number of hydrogen-bond acceptors (Lipinski definition) is 4. The van der Waals surface area contributed by atoms with Crippen LogP contribution < -0.4 is 0 Å². The minimum absolute atomic E-state index is 0.0274. The van der Waals surface area contributed by atoms with E-state index in [9.17, 15) is 9.90 Å². The van der Waals surface area contributed by atoms with E-state index in [0.29, 0.717) is 25.1 Å². The molecule has 1 aromatic carbocycles. The Morgan fingerprint density at radius 3 is 2.64 bits per heavy atom. The van der Waals surface area contributed by atoms with Gasteiger partial charge in [-0.05, 0) is 39.1 Å². The van der Waals surface area contributed by atoms with Gasteiger partial charge in [0.15, 0.2) is 0 Å². The second-order valence-corrected chi connectivity index (χ2v) is 6.87. The lowest BCUT2D eigenvalue weighted by Gasteiger charge is -2.21. The lowest BCUT2D eigenvalue weighted by Crippen LogP contribution is -2.38. The quantitative estimate of drug-likeness (QED) is 0.914. The van der Waals surface area contributed by atoms with E-state index in [0.717, 1.165) is 16.9 Å². The van der Waals surface area contributed by atoms with Crippen molar-refractivity contribution in [1.82, 2.24) is 19.6 Å². The van der Waals surface area contributed by atoms with E-state index in [-0.39, 0.29) is 11.9 Å². The molecule has 0 spiro atoms. The van der Waals surface area contributed by atoms with Gasteiger partial charge >= 0.3 is 0 Å². The molecule has 2 aromatic rings. The predicted molar refractivity (Wildman–Crippen MR) is 97.1 cm³/mol. The summed E-state index contributed by atoms with van der Waals surface area (Å²) in [5.41, 5.74) is 3.63. The maximum atomic E-state index is 13.0. The fourth-order valence-corrected chi connectivity index (χ4v) is 3.51. The van der Waals surface area contributed by atoms with E-state index in [1.807, 2.05) is 61.8 Å². The first-order chi connectivity index (χ1) is 11.9. The van der Waals surface area contributed by atoms with Crippen molar-refractivity contribution in [2.45, 2.75) is 32.4 Å². The molecule has 6 heteroatoms. The van der Waals surface area contributed by atoms with Crippen LogP contribution in [-0.4, -0.2) is 69.9 Å². The number of likely N-dealkylation sites (tertiary alicyclic amines) is 1. The highest BCUT2D eigenvalue weighted by molar-refractivity contribution is 5.95. The van der Waals surface area contributed by atoms with Crippen molar-refractivity contribution in [3.8, 4) is 5.69 Å². The number of aryl methyl sites for hydroxylation is 1. The Morgan fingerprint density at radius 2 is 2.04 bits per heavy atom. The van der Waals surface area contributed by atoms with Gasteiger partial charge in [-0.25, -0.2) is 4.68 Å². The molecule has 1 aliphatic rings. The van der Waals surface area contributed by atoms with Gasteiger partial charge in [0.25, 0.3) is 5.91 Å². The number of aliphatic hydroxyl groups is 1. The van der Waals surface area contributed by atoms with Crippen molar-refractivity contribution in [1.29, 1.82) is 0 Å². The molecule has 1 fully saturated rings. The average Bonchev–Trinajstić information content (AvgIpc) is 3.18. The second kappa shape index (κ2) is 6.98. The second-order valence-electron chi connectivity index (χ2n) is 6.87. The van der Waals surface area contributed by atoms with Crippen LogP contribution in [0.5, 0.6) is 0 Å². The van der Waals surface area contributed by atoms with E-state index in [4.69, 9.17) is 0 Å². The molecule has 0 saturated carbocycles. The zero-order chi connectivity index (χ0) is 18.1. The number of benzene rings is 1. The van der Waals surface area contributed by atoms with Crippen LogP contribution >= 0.6 is 0 Å². The van der Waals surface area contributed by atoms with Crippen molar-refractivity contribution in [2.75, 3.05) is 27.2 Å². The molecule has 3 rings (SSSR count). The molecule has 134 valence electrons. The first-order valence-corrected chi connectivity index (χ1v) is 8.70. The van der Waals surface area contributed by atoms with Gasteiger partial charge in [-0.2, -0.15) is 5.10 Å². The fourth-order valence-electron chi connectivity index (χ4n) is 3.51.